The maximum absolute atomic E-state index is 14.1. The largest absolute Gasteiger partial charge is 0.368 e. The lowest BCUT2D eigenvalue weighted by molar-refractivity contribution is -0.146. The Hall–Kier alpha value is -2.74. The molecule has 0 spiro atoms. The molecule has 3 fully saturated rings. The van der Waals surface area contributed by atoms with Crippen LogP contribution >= 0.6 is 0 Å². The summed E-state index contributed by atoms with van der Waals surface area (Å²) in [5.74, 6) is -0.00979. The Bertz CT molecular complexity index is 957. The minimum Gasteiger partial charge on any atom is -0.368 e. The van der Waals surface area contributed by atoms with E-state index < -0.39 is 5.41 Å². The summed E-state index contributed by atoms with van der Waals surface area (Å²) < 4.78 is 24.9. The Morgan fingerprint density at radius 1 is 1.10 bits per heavy atom. The zero-order chi connectivity index (χ0) is 20.7. The molecular weight excluding hydrogens is 389 g/mol. The molecule has 0 radical (unpaired) electrons. The van der Waals surface area contributed by atoms with Gasteiger partial charge in [0.1, 0.15) is 11.9 Å². The molecule has 3 heterocycles. The fourth-order valence-electron chi connectivity index (χ4n) is 4.40. The second-order valence-electron chi connectivity index (χ2n) is 8.26. The molecule has 5 rings (SSSR count). The lowest BCUT2D eigenvalue weighted by Gasteiger charge is -2.37. The van der Waals surface area contributed by atoms with Crippen LogP contribution in [0.2, 0.25) is 0 Å². The Morgan fingerprint density at radius 2 is 1.83 bits per heavy atom. The molecule has 2 saturated heterocycles. The molecule has 1 aliphatic carbocycles. The molecule has 2 aliphatic heterocycles. The van der Waals surface area contributed by atoms with Crippen molar-refractivity contribution in [3.63, 3.8) is 0 Å². The fraction of sp³-hybridized carbons (Fsp3) is 0.500. The van der Waals surface area contributed by atoms with Crippen LogP contribution in [0.15, 0.2) is 34.9 Å². The quantitative estimate of drug-likeness (QED) is 0.769. The van der Waals surface area contributed by atoms with Crippen molar-refractivity contribution in [2.75, 3.05) is 32.8 Å². The highest BCUT2D eigenvalue weighted by Gasteiger charge is 2.55. The predicted octanol–water partition coefficient (Wildman–Crippen LogP) is 2.36. The Labute approximate surface area is 173 Å². The van der Waals surface area contributed by atoms with Crippen LogP contribution < -0.4 is 0 Å². The SMILES string of the molecule is O=C(C1CCCO1)N1CCN(C(=O)C2(c3cc(-c4ccccc4F)on3)CC2)CC1. The molecule has 1 aromatic heterocycles. The molecule has 1 aromatic carbocycles. The smallest absolute Gasteiger partial charge is 0.251 e. The number of hydrogen-bond donors (Lipinski definition) is 0. The van der Waals surface area contributed by atoms with E-state index in [1.54, 1.807) is 29.2 Å². The Kier molecular flexibility index (Phi) is 4.81. The topological polar surface area (TPSA) is 75.9 Å². The molecule has 2 aromatic rings. The van der Waals surface area contributed by atoms with Crippen LogP contribution in [-0.4, -0.2) is 65.7 Å². The highest BCUT2D eigenvalue weighted by Crippen LogP contribution is 2.50. The van der Waals surface area contributed by atoms with Crippen molar-refractivity contribution in [1.29, 1.82) is 0 Å². The van der Waals surface area contributed by atoms with Gasteiger partial charge in [-0.3, -0.25) is 9.59 Å². The van der Waals surface area contributed by atoms with Crippen LogP contribution in [-0.2, 0) is 19.7 Å². The first-order valence-electron chi connectivity index (χ1n) is 10.5. The summed E-state index contributed by atoms with van der Waals surface area (Å²) in [6.45, 7) is 2.66. The number of piperazine rings is 1. The van der Waals surface area contributed by atoms with Gasteiger partial charge in [0.15, 0.2) is 5.76 Å². The summed E-state index contributed by atoms with van der Waals surface area (Å²) >= 11 is 0. The standard InChI is InChI=1S/C22H24FN3O4/c23-16-5-2-1-4-15(16)18-14-19(24-30-18)22(7-8-22)21(28)26-11-9-25(10-12-26)20(27)17-6-3-13-29-17/h1-2,4-5,14,17H,3,6-13H2. The van der Waals surface area contributed by atoms with Crippen LogP contribution in [0.5, 0.6) is 0 Å². The first kappa shape index (κ1) is 19.2. The van der Waals surface area contributed by atoms with E-state index >= 15 is 0 Å². The van der Waals surface area contributed by atoms with Gasteiger partial charge in [-0.15, -0.1) is 0 Å². The van der Waals surface area contributed by atoms with Gasteiger partial charge in [0.25, 0.3) is 5.91 Å². The van der Waals surface area contributed by atoms with Crippen LogP contribution in [0, 0.1) is 5.82 Å². The lowest BCUT2D eigenvalue weighted by Crippen LogP contribution is -2.54. The van der Waals surface area contributed by atoms with Gasteiger partial charge in [0.2, 0.25) is 5.91 Å². The van der Waals surface area contributed by atoms with Gasteiger partial charge in [-0.05, 0) is 37.8 Å². The molecule has 30 heavy (non-hydrogen) atoms. The summed E-state index contributed by atoms with van der Waals surface area (Å²) in [5, 5.41) is 4.11. The molecule has 8 heteroatoms. The molecule has 7 nitrogen and oxygen atoms in total. The number of hydrogen-bond acceptors (Lipinski definition) is 5. The van der Waals surface area contributed by atoms with Gasteiger partial charge in [0.05, 0.1) is 16.7 Å². The van der Waals surface area contributed by atoms with E-state index in [-0.39, 0.29) is 23.7 Å². The molecule has 1 atom stereocenters. The first-order chi connectivity index (χ1) is 14.6. The van der Waals surface area contributed by atoms with Crippen LogP contribution in [0.1, 0.15) is 31.4 Å². The van der Waals surface area contributed by atoms with E-state index in [1.165, 1.54) is 6.07 Å². The molecule has 158 valence electrons. The number of ether oxygens (including phenoxy) is 1. The number of amides is 2. The highest BCUT2D eigenvalue weighted by atomic mass is 19.1. The van der Waals surface area contributed by atoms with Crippen LogP contribution in [0.3, 0.4) is 0 Å². The van der Waals surface area contributed by atoms with Crippen molar-refractivity contribution in [1.82, 2.24) is 15.0 Å². The van der Waals surface area contributed by atoms with Gasteiger partial charge < -0.3 is 19.1 Å². The summed E-state index contributed by atoms with van der Waals surface area (Å²) in [6, 6.07) is 8.03. The zero-order valence-electron chi connectivity index (χ0n) is 16.7. The van der Waals surface area contributed by atoms with Gasteiger partial charge in [-0.25, -0.2) is 4.39 Å². The monoisotopic (exact) mass is 413 g/mol. The number of carbonyl (C=O) groups is 2. The number of rotatable bonds is 4. The number of aromatic nitrogens is 1. The Balaban J connectivity index is 1.26. The summed E-state index contributed by atoms with van der Waals surface area (Å²) in [5.41, 5.74) is 0.206. The predicted molar refractivity (Wildman–Crippen MR) is 105 cm³/mol. The summed E-state index contributed by atoms with van der Waals surface area (Å²) in [4.78, 5) is 29.4. The maximum Gasteiger partial charge on any atom is 0.251 e. The molecule has 3 aliphatic rings. The summed E-state index contributed by atoms with van der Waals surface area (Å²) in [7, 11) is 0. The third-order valence-corrected chi connectivity index (χ3v) is 6.38. The molecule has 0 N–H and O–H groups in total. The maximum atomic E-state index is 14.1. The van der Waals surface area contributed by atoms with E-state index in [2.05, 4.69) is 5.16 Å². The third kappa shape index (κ3) is 3.29. The highest BCUT2D eigenvalue weighted by molar-refractivity contribution is 5.91. The van der Waals surface area contributed by atoms with Crippen LogP contribution in [0.25, 0.3) is 11.3 Å². The Morgan fingerprint density at radius 3 is 2.50 bits per heavy atom. The fourth-order valence-corrected chi connectivity index (χ4v) is 4.40. The second kappa shape index (κ2) is 7.50. The van der Waals surface area contributed by atoms with Crippen molar-refractivity contribution < 1.29 is 23.2 Å². The van der Waals surface area contributed by atoms with Crippen molar-refractivity contribution in [3.05, 3.63) is 41.8 Å². The molecular formula is C22H24FN3O4. The van der Waals surface area contributed by atoms with E-state index in [4.69, 9.17) is 9.26 Å². The van der Waals surface area contributed by atoms with Gasteiger partial charge in [-0.1, -0.05) is 17.3 Å². The van der Waals surface area contributed by atoms with Crippen LogP contribution in [0.4, 0.5) is 4.39 Å². The molecule has 2 amide bonds. The lowest BCUT2D eigenvalue weighted by atomic mass is 9.99. The van der Waals surface area contributed by atoms with Crippen molar-refractivity contribution >= 4 is 11.8 Å². The summed E-state index contributed by atoms with van der Waals surface area (Å²) in [6.07, 6.45) is 2.77. The van der Waals surface area contributed by atoms with Crippen molar-refractivity contribution in [3.8, 4) is 11.3 Å². The first-order valence-corrected chi connectivity index (χ1v) is 10.5. The van der Waals surface area contributed by atoms with E-state index in [0.29, 0.717) is 62.6 Å². The average molecular weight is 413 g/mol. The minimum absolute atomic E-state index is 0.0140. The third-order valence-electron chi connectivity index (χ3n) is 6.38. The number of carbonyl (C=O) groups excluding carboxylic acids is 2. The minimum atomic E-state index is -0.687. The molecule has 0 bridgehead atoms. The van der Waals surface area contributed by atoms with E-state index in [0.717, 1.165) is 12.8 Å². The normalized spacial score (nSPS) is 22.9. The van der Waals surface area contributed by atoms with E-state index in [1.807, 2.05) is 4.90 Å². The number of nitrogens with zero attached hydrogens (tertiary/aromatic N) is 3. The van der Waals surface area contributed by atoms with E-state index in [9.17, 15) is 14.0 Å². The average Bonchev–Trinajstić information content (AvgIpc) is 3.18. The zero-order valence-corrected chi connectivity index (χ0v) is 16.7. The van der Waals surface area contributed by atoms with Gasteiger partial charge in [0, 0.05) is 38.9 Å². The van der Waals surface area contributed by atoms with Gasteiger partial charge in [-0.2, -0.15) is 0 Å². The van der Waals surface area contributed by atoms with Gasteiger partial charge >= 0.3 is 0 Å². The van der Waals surface area contributed by atoms with Crippen molar-refractivity contribution in [2.24, 2.45) is 0 Å². The number of halogens is 1. The number of benzene rings is 1. The molecule has 1 unspecified atom stereocenters. The van der Waals surface area contributed by atoms with Crippen molar-refractivity contribution in [2.45, 2.75) is 37.2 Å². The second-order valence-corrected chi connectivity index (χ2v) is 8.26. The molecule has 1 saturated carbocycles.